The number of ether oxygens (including phenoxy) is 1. The maximum Gasteiger partial charge on any atom is 0.310 e. The minimum atomic E-state index is -0.486. The van der Waals surface area contributed by atoms with E-state index in [1.807, 2.05) is 0 Å². The number of methoxy groups -OCH3 is 1. The number of aromatic nitrogens is 4. The van der Waals surface area contributed by atoms with Crippen LogP contribution >= 0.6 is 0 Å². The molecule has 0 atom stereocenters. The zero-order chi connectivity index (χ0) is 18.7. The molecule has 1 aromatic carbocycles. The molecule has 0 saturated heterocycles. The topological polar surface area (TPSA) is 101 Å². The van der Waals surface area contributed by atoms with Gasteiger partial charge >= 0.3 is 5.97 Å². The number of benzene rings is 1. The lowest BCUT2D eigenvalue weighted by Gasteiger charge is -2.04. The second kappa shape index (κ2) is 7.38. The van der Waals surface area contributed by atoms with E-state index in [4.69, 9.17) is 0 Å². The highest BCUT2D eigenvalue weighted by Crippen LogP contribution is 2.09. The number of rotatable bonds is 6. The Morgan fingerprint density at radius 2 is 1.92 bits per heavy atom. The quantitative estimate of drug-likeness (QED) is 0.652. The second-order valence-electron chi connectivity index (χ2n) is 5.97. The lowest BCUT2D eigenvalue weighted by atomic mass is 10.1. The van der Waals surface area contributed by atoms with Gasteiger partial charge in [-0.1, -0.05) is 31.2 Å². The highest BCUT2D eigenvalue weighted by Gasteiger charge is 2.16. The molecular formula is C18H21N5O3. The number of esters is 1. The molecular weight excluding hydrogens is 334 g/mol. The Morgan fingerprint density at radius 3 is 2.58 bits per heavy atom. The van der Waals surface area contributed by atoms with Crippen LogP contribution in [0.15, 0.2) is 29.1 Å². The van der Waals surface area contributed by atoms with Crippen molar-refractivity contribution in [2.24, 2.45) is 0 Å². The molecule has 0 unspecified atom stereocenters. The van der Waals surface area contributed by atoms with Crippen molar-refractivity contribution in [3.8, 4) is 0 Å². The highest BCUT2D eigenvalue weighted by atomic mass is 16.5. The van der Waals surface area contributed by atoms with Gasteiger partial charge < -0.3 is 10.1 Å². The third kappa shape index (κ3) is 3.58. The van der Waals surface area contributed by atoms with Crippen molar-refractivity contribution < 1.29 is 9.53 Å². The number of anilines is 1. The summed E-state index contributed by atoms with van der Waals surface area (Å²) in [7, 11) is 1.28. The molecule has 136 valence electrons. The number of H-pyrrole nitrogens is 1. The Balaban J connectivity index is 1.83. The van der Waals surface area contributed by atoms with E-state index < -0.39 is 5.97 Å². The molecule has 0 radical (unpaired) electrons. The van der Waals surface area contributed by atoms with Crippen molar-refractivity contribution in [1.82, 2.24) is 19.6 Å². The summed E-state index contributed by atoms with van der Waals surface area (Å²) >= 11 is 0. The van der Waals surface area contributed by atoms with Crippen LogP contribution in [0.3, 0.4) is 0 Å². The van der Waals surface area contributed by atoms with Crippen LogP contribution in [0.25, 0.3) is 5.78 Å². The van der Waals surface area contributed by atoms with E-state index in [0.29, 0.717) is 23.8 Å². The molecule has 0 aliphatic heterocycles. The van der Waals surface area contributed by atoms with Crippen molar-refractivity contribution in [2.45, 2.75) is 33.2 Å². The Bertz CT molecular complexity index is 988. The van der Waals surface area contributed by atoms with E-state index in [0.717, 1.165) is 12.0 Å². The molecule has 0 spiro atoms. The molecule has 8 heteroatoms. The van der Waals surface area contributed by atoms with Gasteiger partial charge in [-0.25, -0.2) is 4.98 Å². The van der Waals surface area contributed by atoms with E-state index in [1.165, 1.54) is 17.2 Å². The van der Waals surface area contributed by atoms with Gasteiger partial charge in [0.15, 0.2) is 0 Å². The van der Waals surface area contributed by atoms with Crippen LogP contribution in [0.4, 0.5) is 5.95 Å². The van der Waals surface area contributed by atoms with Crippen molar-refractivity contribution in [3.63, 3.8) is 0 Å². The fourth-order valence-corrected chi connectivity index (χ4v) is 2.63. The first-order valence-corrected chi connectivity index (χ1v) is 8.38. The molecule has 3 rings (SSSR count). The smallest absolute Gasteiger partial charge is 0.310 e. The molecule has 0 amide bonds. The van der Waals surface area contributed by atoms with Crippen molar-refractivity contribution >= 4 is 17.7 Å². The SMILES string of the molecule is CCc1ccc(CNc2nc3nc(C)c(CC(=O)OC)c(=O)n3[nH]2)cc1. The van der Waals surface area contributed by atoms with Crippen molar-refractivity contribution in [2.75, 3.05) is 12.4 Å². The Morgan fingerprint density at radius 1 is 1.23 bits per heavy atom. The van der Waals surface area contributed by atoms with Crippen LogP contribution in [-0.2, 0) is 28.9 Å². The number of aromatic amines is 1. The summed E-state index contributed by atoms with van der Waals surface area (Å²) < 4.78 is 5.86. The van der Waals surface area contributed by atoms with Crippen LogP contribution in [0.1, 0.15) is 29.3 Å². The molecule has 0 saturated carbocycles. The predicted molar refractivity (Wildman–Crippen MR) is 97.2 cm³/mol. The first-order chi connectivity index (χ1) is 12.5. The molecule has 0 fully saturated rings. The Kier molecular flexibility index (Phi) is 5.01. The maximum atomic E-state index is 12.6. The van der Waals surface area contributed by atoms with Gasteiger partial charge in [0.1, 0.15) is 0 Å². The summed E-state index contributed by atoms with van der Waals surface area (Å²) in [6.45, 7) is 4.35. The van der Waals surface area contributed by atoms with E-state index in [-0.39, 0.29) is 17.8 Å². The first-order valence-electron chi connectivity index (χ1n) is 8.38. The van der Waals surface area contributed by atoms with Crippen LogP contribution in [-0.4, -0.2) is 32.7 Å². The summed E-state index contributed by atoms with van der Waals surface area (Å²) in [5, 5.41) is 6.03. The van der Waals surface area contributed by atoms with Crippen molar-refractivity contribution in [3.05, 3.63) is 57.0 Å². The number of carbonyl (C=O) groups excluding carboxylic acids is 1. The molecule has 0 bridgehead atoms. The van der Waals surface area contributed by atoms with Crippen LogP contribution in [0.2, 0.25) is 0 Å². The maximum absolute atomic E-state index is 12.6. The van der Waals surface area contributed by atoms with E-state index in [1.54, 1.807) is 6.92 Å². The van der Waals surface area contributed by atoms with Gasteiger partial charge in [-0.3, -0.25) is 14.7 Å². The summed E-state index contributed by atoms with van der Waals surface area (Å²) in [6, 6.07) is 8.28. The van der Waals surface area contributed by atoms with Gasteiger partial charge in [0.2, 0.25) is 5.95 Å². The number of nitrogens with zero attached hydrogens (tertiary/aromatic N) is 3. The molecule has 2 aromatic heterocycles. The van der Waals surface area contributed by atoms with E-state index >= 15 is 0 Å². The van der Waals surface area contributed by atoms with Gasteiger partial charge in [-0.15, -0.1) is 0 Å². The zero-order valence-electron chi connectivity index (χ0n) is 15.0. The summed E-state index contributed by atoms with van der Waals surface area (Å²) in [5.74, 6) is 0.203. The largest absolute Gasteiger partial charge is 0.469 e. The van der Waals surface area contributed by atoms with Gasteiger partial charge in [0.05, 0.1) is 24.8 Å². The number of hydrogen-bond acceptors (Lipinski definition) is 6. The zero-order valence-corrected chi connectivity index (χ0v) is 15.0. The van der Waals surface area contributed by atoms with Gasteiger partial charge in [0, 0.05) is 6.54 Å². The third-order valence-electron chi connectivity index (χ3n) is 4.24. The fourth-order valence-electron chi connectivity index (χ4n) is 2.63. The standard InChI is InChI=1S/C18H21N5O3/c1-4-12-5-7-13(8-6-12)10-19-17-21-18-20-11(2)14(9-15(24)26-3)16(25)23(18)22-17/h5-8H,4,9-10H2,1-3H3,(H2,19,20,21,22). The molecule has 0 aliphatic carbocycles. The Labute approximate surface area is 150 Å². The molecule has 8 nitrogen and oxygen atoms in total. The Hall–Kier alpha value is -3.16. The minimum absolute atomic E-state index is 0.122. The first kappa shape index (κ1) is 17.7. The lowest BCUT2D eigenvalue weighted by Crippen LogP contribution is -2.24. The van der Waals surface area contributed by atoms with Crippen LogP contribution < -0.4 is 10.9 Å². The van der Waals surface area contributed by atoms with Gasteiger partial charge in [-0.05, 0) is 24.5 Å². The lowest BCUT2D eigenvalue weighted by molar-refractivity contribution is -0.139. The van der Waals surface area contributed by atoms with Gasteiger partial charge in [-0.2, -0.15) is 9.50 Å². The number of hydrogen-bond donors (Lipinski definition) is 2. The fraction of sp³-hybridized carbons (Fsp3) is 0.333. The molecule has 2 N–H and O–H groups in total. The number of aryl methyl sites for hydroxylation is 2. The number of nitrogens with one attached hydrogen (secondary N) is 2. The van der Waals surface area contributed by atoms with Crippen molar-refractivity contribution in [1.29, 1.82) is 0 Å². The highest BCUT2D eigenvalue weighted by molar-refractivity contribution is 5.72. The molecule has 3 aromatic rings. The number of fused-ring (bicyclic) bond motifs is 1. The number of carbonyl (C=O) groups is 1. The van der Waals surface area contributed by atoms with Crippen LogP contribution in [0.5, 0.6) is 0 Å². The predicted octanol–water partition coefficient (Wildman–Crippen LogP) is 1.62. The van der Waals surface area contributed by atoms with Gasteiger partial charge in [0.25, 0.3) is 11.3 Å². The van der Waals surface area contributed by atoms with E-state index in [2.05, 4.69) is 56.3 Å². The summed E-state index contributed by atoms with van der Waals surface area (Å²) in [4.78, 5) is 32.7. The van der Waals surface area contributed by atoms with E-state index in [9.17, 15) is 9.59 Å². The average Bonchev–Trinajstić information content (AvgIpc) is 3.06. The normalized spacial score (nSPS) is 10.9. The molecule has 2 heterocycles. The molecule has 26 heavy (non-hydrogen) atoms. The molecule has 0 aliphatic rings. The summed E-state index contributed by atoms with van der Waals surface area (Å²) in [5.41, 5.74) is 2.78. The minimum Gasteiger partial charge on any atom is -0.469 e. The average molecular weight is 355 g/mol. The second-order valence-corrected chi connectivity index (χ2v) is 5.97. The monoisotopic (exact) mass is 355 g/mol. The summed E-state index contributed by atoms with van der Waals surface area (Å²) in [6.07, 6.45) is 0.877. The van der Waals surface area contributed by atoms with Crippen LogP contribution in [0, 0.1) is 6.92 Å². The third-order valence-corrected chi connectivity index (χ3v) is 4.24.